The molecule has 1 heterocycles. The summed E-state index contributed by atoms with van der Waals surface area (Å²) in [6, 6.07) is 4.11. The van der Waals surface area contributed by atoms with Gasteiger partial charge in [-0.3, -0.25) is 0 Å². The van der Waals surface area contributed by atoms with E-state index in [2.05, 4.69) is 18.0 Å². The third kappa shape index (κ3) is 4.02. The van der Waals surface area contributed by atoms with Crippen LogP contribution in [0.3, 0.4) is 0 Å². The maximum absolute atomic E-state index is 8.93. The van der Waals surface area contributed by atoms with Crippen molar-refractivity contribution in [3.8, 4) is 6.07 Å². The van der Waals surface area contributed by atoms with Crippen molar-refractivity contribution in [1.29, 1.82) is 5.26 Å². The Kier molecular flexibility index (Phi) is 6.20. The molecule has 98 valence electrons. The molecule has 0 atom stereocenters. The summed E-state index contributed by atoms with van der Waals surface area (Å²) in [7, 11) is 1.91. The Balaban J connectivity index is 2.28. The van der Waals surface area contributed by atoms with Crippen molar-refractivity contribution < 1.29 is 4.74 Å². The SMILES string of the molecule is C=CCCOCCNCc1cc(C#N)n(C)c1C. The predicted molar refractivity (Wildman–Crippen MR) is 72.2 cm³/mol. The van der Waals surface area contributed by atoms with Gasteiger partial charge >= 0.3 is 0 Å². The van der Waals surface area contributed by atoms with Gasteiger partial charge in [0.2, 0.25) is 0 Å². The second-order valence-corrected chi connectivity index (χ2v) is 4.18. The van der Waals surface area contributed by atoms with E-state index in [0.29, 0.717) is 12.3 Å². The number of rotatable bonds is 8. The summed E-state index contributed by atoms with van der Waals surface area (Å²) in [4.78, 5) is 0. The van der Waals surface area contributed by atoms with E-state index < -0.39 is 0 Å². The molecule has 0 aliphatic carbocycles. The molecule has 4 heteroatoms. The maximum Gasteiger partial charge on any atom is 0.120 e. The number of ether oxygens (including phenoxy) is 1. The average Bonchev–Trinajstić information content (AvgIpc) is 2.65. The van der Waals surface area contributed by atoms with Crippen LogP contribution in [0.15, 0.2) is 18.7 Å². The van der Waals surface area contributed by atoms with Crippen LogP contribution in [0.4, 0.5) is 0 Å². The molecule has 1 rings (SSSR count). The first-order valence-electron chi connectivity index (χ1n) is 6.15. The van der Waals surface area contributed by atoms with E-state index in [9.17, 15) is 0 Å². The van der Waals surface area contributed by atoms with Gasteiger partial charge in [0.15, 0.2) is 0 Å². The fourth-order valence-electron chi connectivity index (χ4n) is 1.68. The molecule has 0 saturated carbocycles. The Morgan fingerprint density at radius 3 is 2.94 bits per heavy atom. The number of hydrogen-bond acceptors (Lipinski definition) is 3. The zero-order chi connectivity index (χ0) is 13.4. The Bertz CT molecular complexity index is 429. The van der Waals surface area contributed by atoms with Crippen molar-refractivity contribution in [2.45, 2.75) is 19.9 Å². The number of hydrogen-bond donors (Lipinski definition) is 1. The summed E-state index contributed by atoms with van der Waals surface area (Å²) >= 11 is 0. The smallest absolute Gasteiger partial charge is 0.120 e. The molecular weight excluding hydrogens is 226 g/mol. The summed E-state index contributed by atoms with van der Waals surface area (Å²) in [6.07, 6.45) is 2.74. The van der Waals surface area contributed by atoms with Gasteiger partial charge in [0.05, 0.1) is 13.2 Å². The molecule has 0 unspecified atom stereocenters. The fourth-order valence-corrected chi connectivity index (χ4v) is 1.68. The summed E-state index contributed by atoms with van der Waals surface area (Å²) in [5.41, 5.74) is 3.00. The molecular formula is C14H21N3O. The highest BCUT2D eigenvalue weighted by molar-refractivity contribution is 5.33. The molecule has 18 heavy (non-hydrogen) atoms. The zero-order valence-electron chi connectivity index (χ0n) is 11.2. The molecule has 1 aromatic heterocycles. The van der Waals surface area contributed by atoms with E-state index in [1.807, 2.05) is 30.7 Å². The van der Waals surface area contributed by atoms with Crippen LogP contribution in [0.2, 0.25) is 0 Å². The van der Waals surface area contributed by atoms with Crippen LogP contribution < -0.4 is 5.32 Å². The van der Waals surface area contributed by atoms with Gasteiger partial charge in [-0.2, -0.15) is 5.26 Å². The molecule has 0 spiro atoms. The minimum Gasteiger partial charge on any atom is -0.380 e. The third-order valence-corrected chi connectivity index (χ3v) is 2.96. The van der Waals surface area contributed by atoms with E-state index in [0.717, 1.165) is 31.8 Å². The molecule has 4 nitrogen and oxygen atoms in total. The number of nitrogens with one attached hydrogen (secondary N) is 1. The highest BCUT2D eigenvalue weighted by Crippen LogP contribution is 2.12. The number of nitriles is 1. The summed E-state index contributed by atoms with van der Waals surface area (Å²) in [5, 5.41) is 12.2. The highest BCUT2D eigenvalue weighted by atomic mass is 16.5. The quantitative estimate of drug-likeness (QED) is 0.564. The standard InChI is InChI=1S/C14H21N3O/c1-4-5-7-18-8-6-16-11-13-9-14(10-15)17(3)12(13)2/h4,9,16H,1,5-8,11H2,2-3H3. The van der Waals surface area contributed by atoms with Crippen LogP contribution in [0.1, 0.15) is 23.4 Å². The van der Waals surface area contributed by atoms with E-state index in [4.69, 9.17) is 10.00 Å². The maximum atomic E-state index is 8.93. The summed E-state index contributed by atoms with van der Waals surface area (Å²) in [6.45, 7) is 8.68. The van der Waals surface area contributed by atoms with E-state index >= 15 is 0 Å². The molecule has 0 saturated heterocycles. The number of aromatic nitrogens is 1. The molecule has 1 aromatic rings. The van der Waals surface area contributed by atoms with Gasteiger partial charge in [0, 0.05) is 25.8 Å². The van der Waals surface area contributed by atoms with Crippen LogP contribution in [0, 0.1) is 18.3 Å². The summed E-state index contributed by atoms with van der Waals surface area (Å²) < 4.78 is 7.32. The van der Waals surface area contributed by atoms with E-state index in [1.54, 1.807) is 0 Å². The monoisotopic (exact) mass is 247 g/mol. The molecule has 0 bridgehead atoms. The van der Waals surface area contributed by atoms with E-state index in [1.165, 1.54) is 5.56 Å². The van der Waals surface area contributed by atoms with Crippen molar-refractivity contribution in [3.63, 3.8) is 0 Å². The second kappa shape index (κ2) is 7.70. The van der Waals surface area contributed by atoms with Gasteiger partial charge in [0.25, 0.3) is 0 Å². The normalized spacial score (nSPS) is 10.3. The lowest BCUT2D eigenvalue weighted by Gasteiger charge is -2.06. The first-order chi connectivity index (χ1) is 8.70. The van der Waals surface area contributed by atoms with Gasteiger partial charge < -0.3 is 14.6 Å². The van der Waals surface area contributed by atoms with Gasteiger partial charge in [-0.15, -0.1) is 6.58 Å². The zero-order valence-corrected chi connectivity index (χ0v) is 11.2. The lowest BCUT2D eigenvalue weighted by atomic mass is 10.2. The van der Waals surface area contributed by atoms with Crippen LogP contribution in [-0.4, -0.2) is 24.3 Å². The largest absolute Gasteiger partial charge is 0.380 e. The van der Waals surface area contributed by atoms with Crippen LogP contribution in [-0.2, 0) is 18.3 Å². The van der Waals surface area contributed by atoms with Crippen molar-refractivity contribution in [1.82, 2.24) is 9.88 Å². The van der Waals surface area contributed by atoms with Crippen LogP contribution in [0.5, 0.6) is 0 Å². The predicted octanol–water partition coefficient (Wildman–Crippen LogP) is 1.89. The molecule has 0 aliphatic rings. The first kappa shape index (κ1) is 14.5. The Morgan fingerprint density at radius 2 is 2.33 bits per heavy atom. The lowest BCUT2D eigenvalue weighted by Crippen LogP contribution is -2.19. The van der Waals surface area contributed by atoms with Crippen LogP contribution >= 0.6 is 0 Å². The average molecular weight is 247 g/mol. The van der Waals surface area contributed by atoms with Gasteiger partial charge in [-0.05, 0) is 25.0 Å². The molecule has 0 amide bonds. The molecule has 0 radical (unpaired) electrons. The Hall–Kier alpha value is -1.57. The van der Waals surface area contributed by atoms with E-state index in [-0.39, 0.29) is 0 Å². The van der Waals surface area contributed by atoms with Gasteiger partial charge in [-0.1, -0.05) is 6.08 Å². The first-order valence-corrected chi connectivity index (χ1v) is 6.15. The molecule has 0 aromatic carbocycles. The van der Waals surface area contributed by atoms with Crippen molar-refractivity contribution in [3.05, 3.63) is 35.7 Å². The second-order valence-electron chi connectivity index (χ2n) is 4.18. The lowest BCUT2D eigenvalue weighted by molar-refractivity contribution is 0.140. The van der Waals surface area contributed by atoms with Crippen molar-refractivity contribution in [2.24, 2.45) is 7.05 Å². The third-order valence-electron chi connectivity index (χ3n) is 2.96. The van der Waals surface area contributed by atoms with Gasteiger partial charge in [0.1, 0.15) is 11.8 Å². The Morgan fingerprint density at radius 1 is 1.56 bits per heavy atom. The van der Waals surface area contributed by atoms with Crippen LogP contribution in [0.25, 0.3) is 0 Å². The minimum absolute atomic E-state index is 0.699. The fraction of sp³-hybridized carbons (Fsp3) is 0.500. The molecule has 0 aliphatic heterocycles. The van der Waals surface area contributed by atoms with Crippen molar-refractivity contribution in [2.75, 3.05) is 19.8 Å². The Labute approximate surface area is 109 Å². The molecule has 1 N–H and O–H groups in total. The van der Waals surface area contributed by atoms with Gasteiger partial charge in [-0.25, -0.2) is 0 Å². The van der Waals surface area contributed by atoms with Crippen molar-refractivity contribution >= 4 is 0 Å². The topological polar surface area (TPSA) is 50.0 Å². The highest BCUT2D eigenvalue weighted by Gasteiger charge is 2.07. The minimum atomic E-state index is 0.699. The molecule has 0 fully saturated rings. The number of nitrogens with zero attached hydrogens (tertiary/aromatic N) is 2. The summed E-state index contributed by atoms with van der Waals surface area (Å²) in [5.74, 6) is 0.